The van der Waals surface area contributed by atoms with Gasteiger partial charge in [0.25, 0.3) is 11.8 Å². The van der Waals surface area contributed by atoms with Crippen LogP contribution in [0.4, 0.5) is 14.5 Å². The number of fused-ring (bicyclic) bond motifs is 1. The normalized spacial score (nSPS) is 10.6. The number of hydrogen-bond acceptors (Lipinski definition) is 7. The minimum atomic E-state index is -0.773. The summed E-state index contributed by atoms with van der Waals surface area (Å²) in [5.74, 6) is -1.36. The van der Waals surface area contributed by atoms with Crippen LogP contribution < -0.4 is 25.0 Å². The first-order valence-electron chi connectivity index (χ1n) is 12.3. The van der Waals surface area contributed by atoms with Crippen molar-refractivity contribution in [2.24, 2.45) is 7.05 Å². The fourth-order valence-corrected chi connectivity index (χ4v) is 4.34. The van der Waals surface area contributed by atoms with Crippen molar-refractivity contribution in [2.45, 2.75) is 6.92 Å². The van der Waals surface area contributed by atoms with Gasteiger partial charge in [-0.25, -0.2) is 13.8 Å². The third-order valence-electron chi connectivity index (χ3n) is 6.47. The molecule has 0 aliphatic rings. The number of aromatic nitrogens is 3. The molecule has 2 aromatic carbocycles. The highest BCUT2D eigenvalue weighted by Crippen LogP contribution is 2.35. The molecule has 0 aliphatic heterocycles. The minimum absolute atomic E-state index is 0. The van der Waals surface area contributed by atoms with E-state index >= 15 is 4.39 Å². The van der Waals surface area contributed by atoms with Crippen molar-refractivity contribution in [1.29, 1.82) is 0 Å². The molecular formula is C30H25ClF2N4O5. The van der Waals surface area contributed by atoms with Gasteiger partial charge in [0.2, 0.25) is 5.43 Å². The molecule has 0 spiro atoms. The highest BCUT2D eigenvalue weighted by Gasteiger charge is 2.20. The van der Waals surface area contributed by atoms with Gasteiger partial charge in [-0.05, 0) is 36.8 Å². The summed E-state index contributed by atoms with van der Waals surface area (Å²) in [7, 11) is 4.58. The van der Waals surface area contributed by atoms with Crippen molar-refractivity contribution in [3.63, 3.8) is 0 Å². The maximum Gasteiger partial charge on any atom is 0.261 e. The lowest BCUT2D eigenvalue weighted by molar-refractivity contribution is 0.102. The second-order valence-corrected chi connectivity index (χ2v) is 9.03. The summed E-state index contributed by atoms with van der Waals surface area (Å²) in [6.45, 7) is 1.70. The van der Waals surface area contributed by atoms with Crippen molar-refractivity contribution >= 4 is 35.0 Å². The van der Waals surface area contributed by atoms with E-state index in [1.54, 1.807) is 30.7 Å². The molecule has 0 atom stereocenters. The average molecular weight is 595 g/mol. The molecule has 5 rings (SSSR count). The molecule has 216 valence electrons. The number of methoxy groups -OCH3 is 2. The molecule has 42 heavy (non-hydrogen) atoms. The Labute approximate surface area is 245 Å². The Morgan fingerprint density at radius 2 is 1.76 bits per heavy atom. The zero-order chi connectivity index (χ0) is 29.3. The molecule has 3 aromatic heterocycles. The molecule has 0 radical (unpaired) electrons. The van der Waals surface area contributed by atoms with Crippen LogP contribution in [0.3, 0.4) is 0 Å². The quantitative estimate of drug-likeness (QED) is 0.244. The fraction of sp³-hybridized carbons (Fsp3) is 0.133. The van der Waals surface area contributed by atoms with Gasteiger partial charge in [0.05, 0.1) is 19.7 Å². The van der Waals surface area contributed by atoms with E-state index in [9.17, 15) is 14.0 Å². The third kappa shape index (κ3) is 5.72. The maximum atomic E-state index is 15.1. The number of benzene rings is 2. The van der Waals surface area contributed by atoms with Crippen molar-refractivity contribution in [1.82, 2.24) is 14.5 Å². The molecule has 12 heteroatoms. The first-order chi connectivity index (χ1) is 19.7. The van der Waals surface area contributed by atoms with Gasteiger partial charge >= 0.3 is 0 Å². The van der Waals surface area contributed by atoms with Gasteiger partial charge < -0.3 is 24.1 Å². The molecular weight excluding hydrogens is 570 g/mol. The molecule has 9 nitrogen and oxygen atoms in total. The second-order valence-electron chi connectivity index (χ2n) is 9.03. The Bertz CT molecular complexity index is 1880. The average Bonchev–Trinajstić information content (AvgIpc) is 2.95. The standard InChI is InChI=1S/C30H24F2N4O5.ClH/c1-16-26(17-6-5-7-18(31)12-17)28(37)20(15-36(16)2)29(38)34-19-8-9-23(21(32)13-19)41-24-10-11-33-22-14-25(39-3)30(40-4)35-27(22)24;/h5-15H,1-4H3,(H,34,38);1H. The topological polar surface area (TPSA) is 105 Å². The molecule has 0 unspecified atom stereocenters. The van der Waals surface area contributed by atoms with Crippen LogP contribution in [-0.4, -0.2) is 34.7 Å². The van der Waals surface area contributed by atoms with Crippen LogP contribution in [0.25, 0.3) is 22.2 Å². The Balaban J connectivity index is 0.00000405. The van der Waals surface area contributed by atoms with Crippen molar-refractivity contribution in [3.8, 4) is 34.3 Å². The largest absolute Gasteiger partial charge is 0.491 e. The number of hydrogen-bond donors (Lipinski definition) is 1. The SMILES string of the molecule is COc1cc2nccc(Oc3ccc(NC(=O)c4cn(C)c(C)c(-c5cccc(F)c5)c4=O)cc3F)c2nc1OC.Cl. The Hall–Kier alpha value is -5.03. The molecule has 0 saturated heterocycles. The van der Waals surface area contributed by atoms with Crippen LogP contribution in [0.1, 0.15) is 16.1 Å². The lowest BCUT2D eigenvalue weighted by atomic mass is 10.0. The van der Waals surface area contributed by atoms with Crippen molar-refractivity contribution < 1.29 is 27.8 Å². The van der Waals surface area contributed by atoms with Crippen LogP contribution in [0.15, 0.2) is 71.8 Å². The predicted octanol–water partition coefficient (Wildman–Crippen LogP) is 6.07. The van der Waals surface area contributed by atoms with E-state index in [1.165, 1.54) is 63.0 Å². The minimum Gasteiger partial charge on any atom is -0.491 e. The molecule has 0 fully saturated rings. The maximum absolute atomic E-state index is 15.1. The number of carbonyl (C=O) groups excluding carboxylic acids is 1. The summed E-state index contributed by atoms with van der Waals surface area (Å²) < 4.78 is 46.9. The molecule has 5 aromatic rings. The van der Waals surface area contributed by atoms with Gasteiger partial charge in [-0.3, -0.25) is 14.6 Å². The van der Waals surface area contributed by atoms with E-state index in [2.05, 4.69) is 15.3 Å². The first-order valence-corrected chi connectivity index (χ1v) is 12.3. The van der Waals surface area contributed by atoms with Gasteiger partial charge in [0, 0.05) is 54.6 Å². The summed E-state index contributed by atoms with van der Waals surface area (Å²) in [6, 6.07) is 12.6. The van der Waals surface area contributed by atoms with E-state index in [0.29, 0.717) is 28.0 Å². The van der Waals surface area contributed by atoms with Gasteiger partial charge in [-0.1, -0.05) is 12.1 Å². The van der Waals surface area contributed by atoms with Crippen LogP contribution >= 0.6 is 12.4 Å². The second kappa shape index (κ2) is 12.2. The number of anilines is 1. The Morgan fingerprint density at radius 1 is 0.976 bits per heavy atom. The number of rotatable bonds is 7. The highest BCUT2D eigenvalue weighted by molar-refractivity contribution is 6.04. The number of carbonyl (C=O) groups is 1. The molecule has 0 aliphatic carbocycles. The molecule has 3 heterocycles. The van der Waals surface area contributed by atoms with Gasteiger partial charge in [0.1, 0.15) is 16.9 Å². The van der Waals surface area contributed by atoms with E-state index in [0.717, 1.165) is 6.07 Å². The predicted molar refractivity (Wildman–Crippen MR) is 156 cm³/mol. The van der Waals surface area contributed by atoms with E-state index in [1.807, 2.05) is 0 Å². The number of nitrogens with one attached hydrogen (secondary N) is 1. The summed E-state index contributed by atoms with van der Waals surface area (Å²) in [4.78, 5) is 35.0. The summed E-state index contributed by atoms with van der Waals surface area (Å²) in [5.41, 5.74) is 1.21. The zero-order valence-corrected chi connectivity index (χ0v) is 23.7. The number of halogens is 3. The van der Waals surface area contributed by atoms with Crippen LogP contribution in [0.5, 0.6) is 23.1 Å². The molecule has 1 amide bonds. The van der Waals surface area contributed by atoms with Crippen LogP contribution in [0, 0.1) is 18.6 Å². The van der Waals surface area contributed by atoms with Gasteiger partial charge in [-0.2, -0.15) is 0 Å². The number of aryl methyl sites for hydroxylation is 1. The van der Waals surface area contributed by atoms with E-state index < -0.39 is 23.0 Å². The zero-order valence-electron chi connectivity index (χ0n) is 22.9. The monoisotopic (exact) mass is 594 g/mol. The fourth-order valence-electron chi connectivity index (χ4n) is 4.34. The number of amides is 1. The number of ether oxygens (including phenoxy) is 3. The smallest absolute Gasteiger partial charge is 0.261 e. The number of pyridine rings is 3. The summed E-state index contributed by atoms with van der Waals surface area (Å²) >= 11 is 0. The molecule has 1 N–H and O–H groups in total. The first kappa shape index (κ1) is 29.9. The van der Waals surface area contributed by atoms with Crippen molar-refractivity contribution in [2.75, 3.05) is 19.5 Å². The molecule has 0 saturated carbocycles. The van der Waals surface area contributed by atoms with Crippen LogP contribution in [-0.2, 0) is 7.05 Å². The number of nitrogens with zero attached hydrogens (tertiary/aromatic N) is 3. The molecule has 0 bridgehead atoms. The summed E-state index contributed by atoms with van der Waals surface area (Å²) in [5, 5.41) is 2.55. The Morgan fingerprint density at radius 3 is 2.45 bits per heavy atom. The van der Waals surface area contributed by atoms with E-state index in [4.69, 9.17) is 14.2 Å². The van der Waals surface area contributed by atoms with Gasteiger partial charge in [-0.15, -0.1) is 12.4 Å². The lowest BCUT2D eigenvalue weighted by Crippen LogP contribution is -2.25. The lowest BCUT2D eigenvalue weighted by Gasteiger charge is -2.14. The van der Waals surface area contributed by atoms with Crippen LogP contribution in [0.2, 0.25) is 0 Å². The third-order valence-corrected chi connectivity index (χ3v) is 6.47. The highest BCUT2D eigenvalue weighted by atomic mass is 35.5. The summed E-state index contributed by atoms with van der Waals surface area (Å²) in [6.07, 6.45) is 2.87. The van der Waals surface area contributed by atoms with Gasteiger partial charge in [0.15, 0.2) is 23.1 Å². The Kier molecular flexibility index (Phi) is 8.72. The van der Waals surface area contributed by atoms with Crippen molar-refractivity contribution in [3.05, 3.63) is 100 Å². The van der Waals surface area contributed by atoms with E-state index in [-0.39, 0.29) is 46.6 Å².